The number of aryl methyl sites for hydroxylation is 1. The van der Waals surface area contributed by atoms with Crippen molar-refractivity contribution in [2.45, 2.75) is 33.2 Å². The first-order valence-electron chi connectivity index (χ1n) is 9.60. The van der Waals surface area contributed by atoms with Gasteiger partial charge in [0, 0.05) is 32.2 Å². The number of nitrogens with one attached hydrogen (secondary N) is 3. The molecule has 0 saturated carbocycles. The van der Waals surface area contributed by atoms with E-state index in [1.165, 1.54) is 6.07 Å². The Kier molecular flexibility index (Phi) is 8.46. The molecule has 0 bridgehead atoms. The minimum atomic E-state index is -0.211. The molecule has 0 fully saturated rings. The van der Waals surface area contributed by atoms with Gasteiger partial charge in [0.1, 0.15) is 5.82 Å². The number of rotatable bonds is 8. The largest absolute Gasteiger partial charge is 0.356 e. The zero-order chi connectivity index (χ0) is 20.4. The number of amides is 1. The Labute approximate surface area is 166 Å². The highest BCUT2D eigenvalue weighted by Gasteiger charge is 2.06. The summed E-state index contributed by atoms with van der Waals surface area (Å²) >= 11 is 0. The van der Waals surface area contributed by atoms with Crippen LogP contribution in [0.25, 0.3) is 0 Å². The van der Waals surface area contributed by atoms with Gasteiger partial charge >= 0.3 is 0 Å². The first kappa shape index (κ1) is 21.4. The van der Waals surface area contributed by atoms with E-state index >= 15 is 0 Å². The van der Waals surface area contributed by atoms with Crippen molar-refractivity contribution in [1.82, 2.24) is 16.0 Å². The fraction of sp³-hybridized carbons (Fsp3) is 0.364. The third kappa shape index (κ3) is 6.68. The van der Waals surface area contributed by atoms with Crippen LogP contribution in [0.4, 0.5) is 4.39 Å². The molecule has 0 aromatic heterocycles. The quantitative estimate of drug-likeness (QED) is 0.484. The standard InChI is InChI=1S/C22H29FN4O/c1-4-11-25-21(28)19-7-5-6-17(14-19)15-27-22(24-3)26-12-10-18-8-9-20(23)13-16(18)2/h5-9,13-14H,4,10-12,15H2,1-3H3,(H,25,28)(H2,24,26,27). The van der Waals surface area contributed by atoms with Crippen molar-refractivity contribution in [2.75, 3.05) is 20.1 Å². The van der Waals surface area contributed by atoms with Crippen LogP contribution in [0.15, 0.2) is 47.5 Å². The molecule has 2 aromatic carbocycles. The van der Waals surface area contributed by atoms with Gasteiger partial charge < -0.3 is 16.0 Å². The SMILES string of the molecule is CCCNC(=O)c1cccc(CNC(=NC)NCCc2ccc(F)cc2C)c1. The molecule has 0 atom stereocenters. The van der Waals surface area contributed by atoms with Crippen LogP contribution >= 0.6 is 0 Å². The predicted molar refractivity (Wildman–Crippen MR) is 112 cm³/mol. The second-order valence-electron chi connectivity index (χ2n) is 6.63. The predicted octanol–water partition coefficient (Wildman–Crippen LogP) is 3.18. The molecule has 150 valence electrons. The first-order chi connectivity index (χ1) is 13.5. The van der Waals surface area contributed by atoms with E-state index in [0.717, 1.165) is 29.5 Å². The number of carbonyl (C=O) groups excluding carboxylic acids is 1. The summed E-state index contributed by atoms with van der Waals surface area (Å²) in [5, 5.41) is 9.40. The lowest BCUT2D eigenvalue weighted by molar-refractivity contribution is 0.0953. The van der Waals surface area contributed by atoms with Crippen molar-refractivity contribution in [2.24, 2.45) is 4.99 Å². The van der Waals surface area contributed by atoms with Crippen LogP contribution in [0, 0.1) is 12.7 Å². The summed E-state index contributed by atoms with van der Waals surface area (Å²) in [6, 6.07) is 12.4. The van der Waals surface area contributed by atoms with Gasteiger partial charge in [0.15, 0.2) is 5.96 Å². The van der Waals surface area contributed by atoms with E-state index in [0.29, 0.717) is 31.2 Å². The molecule has 0 aliphatic carbocycles. The zero-order valence-electron chi connectivity index (χ0n) is 16.8. The smallest absolute Gasteiger partial charge is 0.251 e. The third-order valence-corrected chi connectivity index (χ3v) is 4.40. The van der Waals surface area contributed by atoms with Crippen LogP contribution in [0.3, 0.4) is 0 Å². The number of carbonyl (C=O) groups is 1. The van der Waals surface area contributed by atoms with Crippen LogP contribution < -0.4 is 16.0 Å². The van der Waals surface area contributed by atoms with Gasteiger partial charge in [-0.25, -0.2) is 4.39 Å². The highest BCUT2D eigenvalue weighted by molar-refractivity contribution is 5.94. The molecule has 0 heterocycles. The van der Waals surface area contributed by atoms with Crippen molar-refractivity contribution >= 4 is 11.9 Å². The highest BCUT2D eigenvalue weighted by atomic mass is 19.1. The molecule has 0 unspecified atom stereocenters. The Hall–Kier alpha value is -2.89. The molecule has 6 heteroatoms. The fourth-order valence-electron chi connectivity index (χ4n) is 2.82. The maximum Gasteiger partial charge on any atom is 0.251 e. The van der Waals surface area contributed by atoms with Gasteiger partial charge in [-0.2, -0.15) is 0 Å². The number of aliphatic imine (C=N–C) groups is 1. The molecule has 0 aliphatic rings. The van der Waals surface area contributed by atoms with E-state index in [4.69, 9.17) is 0 Å². The third-order valence-electron chi connectivity index (χ3n) is 4.40. The Bertz CT molecular complexity index is 820. The van der Waals surface area contributed by atoms with Crippen molar-refractivity contribution in [3.63, 3.8) is 0 Å². The van der Waals surface area contributed by atoms with Gasteiger partial charge in [-0.05, 0) is 60.7 Å². The Morgan fingerprint density at radius 2 is 1.89 bits per heavy atom. The summed E-state index contributed by atoms with van der Waals surface area (Å²) in [4.78, 5) is 16.3. The summed E-state index contributed by atoms with van der Waals surface area (Å²) in [6.07, 6.45) is 1.69. The Morgan fingerprint density at radius 1 is 1.07 bits per heavy atom. The van der Waals surface area contributed by atoms with Crippen molar-refractivity contribution in [1.29, 1.82) is 0 Å². The minimum Gasteiger partial charge on any atom is -0.356 e. The maximum atomic E-state index is 13.2. The van der Waals surface area contributed by atoms with Crippen LogP contribution in [0.2, 0.25) is 0 Å². The molecule has 0 saturated heterocycles. The second-order valence-corrected chi connectivity index (χ2v) is 6.63. The molecule has 0 radical (unpaired) electrons. The summed E-state index contributed by atoms with van der Waals surface area (Å²) in [7, 11) is 1.72. The number of hydrogen-bond donors (Lipinski definition) is 3. The molecule has 5 nitrogen and oxygen atoms in total. The number of benzene rings is 2. The minimum absolute atomic E-state index is 0.0547. The average molecular weight is 384 g/mol. The van der Waals surface area contributed by atoms with Gasteiger partial charge in [0.2, 0.25) is 0 Å². The number of halogens is 1. The van der Waals surface area contributed by atoms with E-state index < -0.39 is 0 Å². The summed E-state index contributed by atoms with van der Waals surface area (Å²) < 4.78 is 13.2. The topological polar surface area (TPSA) is 65.5 Å². The van der Waals surface area contributed by atoms with Crippen LogP contribution in [-0.4, -0.2) is 32.0 Å². The molecule has 3 N–H and O–H groups in total. The molecular formula is C22H29FN4O. The van der Waals surface area contributed by atoms with E-state index in [9.17, 15) is 9.18 Å². The summed E-state index contributed by atoms with van der Waals surface area (Å²) in [5.41, 5.74) is 3.71. The van der Waals surface area contributed by atoms with Crippen molar-refractivity contribution in [3.8, 4) is 0 Å². The molecule has 2 rings (SSSR count). The van der Waals surface area contributed by atoms with E-state index in [1.807, 2.05) is 44.2 Å². The number of hydrogen-bond acceptors (Lipinski definition) is 2. The van der Waals surface area contributed by atoms with Crippen LogP contribution in [0.1, 0.15) is 40.4 Å². The van der Waals surface area contributed by atoms with E-state index in [-0.39, 0.29) is 11.7 Å². The van der Waals surface area contributed by atoms with Gasteiger partial charge in [-0.15, -0.1) is 0 Å². The molecule has 0 aliphatic heterocycles. The Balaban J connectivity index is 1.84. The lowest BCUT2D eigenvalue weighted by Gasteiger charge is -2.13. The normalized spacial score (nSPS) is 11.2. The molecule has 2 aromatic rings. The monoisotopic (exact) mass is 384 g/mol. The first-order valence-corrected chi connectivity index (χ1v) is 9.60. The fourth-order valence-corrected chi connectivity index (χ4v) is 2.82. The van der Waals surface area contributed by atoms with E-state index in [2.05, 4.69) is 20.9 Å². The van der Waals surface area contributed by atoms with E-state index in [1.54, 1.807) is 13.1 Å². The van der Waals surface area contributed by atoms with Gasteiger partial charge in [-0.3, -0.25) is 9.79 Å². The Morgan fingerprint density at radius 3 is 2.61 bits per heavy atom. The summed E-state index contributed by atoms with van der Waals surface area (Å²) in [6.45, 7) is 5.85. The van der Waals surface area contributed by atoms with Crippen LogP contribution in [0.5, 0.6) is 0 Å². The van der Waals surface area contributed by atoms with Gasteiger partial charge in [0.05, 0.1) is 0 Å². The lowest BCUT2D eigenvalue weighted by Crippen LogP contribution is -2.38. The summed E-state index contributed by atoms with van der Waals surface area (Å²) in [5.74, 6) is 0.416. The molecular weight excluding hydrogens is 355 g/mol. The lowest BCUT2D eigenvalue weighted by atomic mass is 10.1. The maximum absolute atomic E-state index is 13.2. The molecule has 0 spiro atoms. The van der Waals surface area contributed by atoms with Crippen molar-refractivity contribution < 1.29 is 9.18 Å². The highest BCUT2D eigenvalue weighted by Crippen LogP contribution is 2.10. The second kappa shape index (κ2) is 11.1. The molecule has 28 heavy (non-hydrogen) atoms. The zero-order valence-corrected chi connectivity index (χ0v) is 16.8. The van der Waals surface area contributed by atoms with Gasteiger partial charge in [-0.1, -0.05) is 25.1 Å². The van der Waals surface area contributed by atoms with Gasteiger partial charge in [0.25, 0.3) is 5.91 Å². The molecule has 1 amide bonds. The average Bonchev–Trinajstić information content (AvgIpc) is 2.70. The number of guanidine groups is 1. The number of nitrogens with zero attached hydrogens (tertiary/aromatic N) is 1. The van der Waals surface area contributed by atoms with Crippen LogP contribution in [-0.2, 0) is 13.0 Å². The van der Waals surface area contributed by atoms with Crippen molar-refractivity contribution in [3.05, 3.63) is 70.5 Å².